The molecule has 0 spiro atoms. The van der Waals surface area contributed by atoms with Gasteiger partial charge in [0.1, 0.15) is 5.82 Å². The number of benzene rings is 3. The van der Waals surface area contributed by atoms with Crippen LogP contribution in [0.4, 0.5) is 15.8 Å². The van der Waals surface area contributed by atoms with E-state index in [-0.39, 0.29) is 28.7 Å². The zero-order valence-electron chi connectivity index (χ0n) is 20.8. The zero-order valence-corrected chi connectivity index (χ0v) is 21.6. The Labute approximate surface area is 223 Å². The molecule has 0 radical (unpaired) electrons. The standard InChI is InChI=1S/C28H26FN5O3S/c1-19-5-7-20(8-6-19)27(36)34-15-13-33(14-16-34)24-11-9-23(10-12-24)30-25(35)18-38-28-32-31-26(37-28)21-3-2-4-22(29)17-21/h2-12,17H,13-16,18H2,1H3,(H,30,35). The van der Waals surface area contributed by atoms with Gasteiger partial charge >= 0.3 is 0 Å². The molecule has 5 rings (SSSR count). The van der Waals surface area contributed by atoms with Crippen molar-refractivity contribution in [2.75, 3.05) is 42.1 Å². The van der Waals surface area contributed by atoms with Crippen LogP contribution in [0.1, 0.15) is 15.9 Å². The molecule has 194 valence electrons. The first-order chi connectivity index (χ1) is 18.4. The summed E-state index contributed by atoms with van der Waals surface area (Å²) in [5.74, 6) is -0.259. The molecule has 1 aliphatic heterocycles. The van der Waals surface area contributed by atoms with E-state index < -0.39 is 5.82 Å². The fourth-order valence-corrected chi connectivity index (χ4v) is 4.70. The summed E-state index contributed by atoms with van der Waals surface area (Å²) in [5.41, 5.74) is 4.04. The number of anilines is 2. The van der Waals surface area contributed by atoms with Gasteiger partial charge in [-0.25, -0.2) is 4.39 Å². The SMILES string of the molecule is Cc1ccc(C(=O)N2CCN(c3ccc(NC(=O)CSc4nnc(-c5cccc(F)c5)o4)cc3)CC2)cc1. The first-order valence-electron chi connectivity index (χ1n) is 12.2. The van der Waals surface area contributed by atoms with Gasteiger partial charge in [0.05, 0.1) is 5.75 Å². The average molecular weight is 532 g/mol. The van der Waals surface area contributed by atoms with Crippen LogP contribution in [0.5, 0.6) is 0 Å². The van der Waals surface area contributed by atoms with Crippen LogP contribution in [0, 0.1) is 12.7 Å². The van der Waals surface area contributed by atoms with Crippen LogP contribution < -0.4 is 10.2 Å². The van der Waals surface area contributed by atoms with Crippen LogP contribution >= 0.6 is 11.8 Å². The molecule has 1 aromatic heterocycles. The van der Waals surface area contributed by atoms with Crippen LogP contribution in [0.3, 0.4) is 0 Å². The van der Waals surface area contributed by atoms with Gasteiger partial charge in [0.2, 0.25) is 11.8 Å². The Balaban J connectivity index is 1.09. The largest absolute Gasteiger partial charge is 0.411 e. The quantitative estimate of drug-likeness (QED) is 0.340. The maximum atomic E-state index is 13.4. The highest BCUT2D eigenvalue weighted by molar-refractivity contribution is 7.99. The summed E-state index contributed by atoms with van der Waals surface area (Å²) in [6, 6.07) is 21.2. The lowest BCUT2D eigenvalue weighted by Crippen LogP contribution is -2.48. The normalized spacial score (nSPS) is 13.4. The van der Waals surface area contributed by atoms with Crippen molar-refractivity contribution in [1.82, 2.24) is 15.1 Å². The molecule has 0 saturated carbocycles. The number of carbonyl (C=O) groups excluding carboxylic acids is 2. The Morgan fingerprint density at radius 2 is 1.71 bits per heavy atom. The molecule has 1 saturated heterocycles. The number of aromatic nitrogens is 2. The van der Waals surface area contributed by atoms with Crippen molar-refractivity contribution in [2.24, 2.45) is 0 Å². The molecule has 0 aliphatic carbocycles. The van der Waals surface area contributed by atoms with Crippen molar-refractivity contribution in [3.8, 4) is 11.5 Å². The van der Waals surface area contributed by atoms with Crippen molar-refractivity contribution in [2.45, 2.75) is 12.1 Å². The third-order valence-electron chi connectivity index (χ3n) is 6.19. The van der Waals surface area contributed by atoms with E-state index in [1.54, 1.807) is 12.1 Å². The van der Waals surface area contributed by atoms with Crippen LogP contribution in [0.15, 0.2) is 82.4 Å². The van der Waals surface area contributed by atoms with Gasteiger partial charge in [-0.3, -0.25) is 9.59 Å². The topological polar surface area (TPSA) is 91.6 Å². The molecule has 4 aromatic rings. The molecule has 0 unspecified atom stereocenters. The molecule has 38 heavy (non-hydrogen) atoms. The number of nitrogens with one attached hydrogen (secondary N) is 1. The van der Waals surface area contributed by atoms with E-state index >= 15 is 0 Å². The van der Waals surface area contributed by atoms with Gasteiger partial charge < -0.3 is 19.5 Å². The van der Waals surface area contributed by atoms with Crippen molar-refractivity contribution >= 4 is 35.0 Å². The molecule has 3 aromatic carbocycles. The number of thioether (sulfide) groups is 1. The molecule has 0 bridgehead atoms. The highest BCUT2D eigenvalue weighted by atomic mass is 32.2. The second kappa shape index (κ2) is 11.5. The summed E-state index contributed by atoms with van der Waals surface area (Å²) >= 11 is 1.11. The maximum absolute atomic E-state index is 13.4. The van der Waals surface area contributed by atoms with Gasteiger partial charge in [0.25, 0.3) is 11.1 Å². The first-order valence-corrected chi connectivity index (χ1v) is 13.2. The van der Waals surface area contributed by atoms with E-state index in [0.29, 0.717) is 29.9 Å². The van der Waals surface area contributed by atoms with Gasteiger partial charge in [-0.15, -0.1) is 10.2 Å². The van der Waals surface area contributed by atoms with Gasteiger partial charge in [-0.1, -0.05) is 35.5 Å². The van der Waals surface area contributed by atoms with Gasteiger partial charge in [-0.05, 0) is 61.5 Å². The number of halogens is 1. The Morgan fingerprint density at radius 3 is 2.42 bits per heavy atom. The van der Waals surface area contributed by atoms with Gasteiger partial charge in [-0.2, -0.15) is 0 Å². The lowest BCUT2D eigenvalue weighted by atomic mass is 10.1. The van der Waals surface area contributed by atoms with Crippen molar-refractivity contribution in [3.63, 3.8) is 0 Å². The minimum absolute atomic E-state index is 0.0614. The number of aryl methyl sites for hydroxylation is 1. The van der Waals surface area contributed by atoms with Crippen LogP contribution in [-0.4, -0.2) is 58.8 Å². The molecule has 2 amide bonds. The number of piperazine rings is 1. The third kappa shape index (κ3) is 6.20. The molecule has 1 aliphatic rings. The Kier molecular flexibility index (Phi) is 7.69. The number of carbonyl (C=O) groups is 2. The third-order valence-corrected chi connectivity index (χ3v) is 7.00. The second-order valence-electron chi connectivity index (χ2n) is 8.91. The second-order valence-corrected chi connectivity index (χ2v) is 9.84. The van der Waals surface area contributed by atoms with Crippen molar-refractivity contribution in [1.29, 1.82) is 0 Å². The lowest BCUT2D eigenvalue weighted by Gasteiger charge is -2.36. The monoisotopic (exact) mass is 531 g/mol. The Bertz CT molecular complexity index is 1420. The van der Waals surface area contributed by atoms with Gasteiger partial charge in [0, 0.05) is 48.7 Å². The number of amides is 2. The summed E-state index contributed by atoms with van der Waals surface area (Å²) in [6.07, 6.45) is 0. The summed E-state index contributed by atoms with van der Waals surface area (Å²) in [4.78, 5) is 29.3. The summed E-state index contributed by atoms with van der Waals surface area (Å²) < 4.78 is 18.9. The molecular formula is C28H26FN5O3S. The fourth-order valence-electron chi connectivity index (χ4n) is 4.13. The maximum Gasteiger partial charge on any atom is 0.277 e. The molecule has 1 N–H and O–H groups in total. The van der Waals surface area contributed by atoms with Crippen LogP contribution in [0.25, 0.3) is 11.5 Å². The molecule has 8 nitrogen and oxygen atoms in total. The van der Waals surface area contributed by atoms with E-state index in [1.165, 1.54) is 12.1 Å². The molecule has 0 atom stereocenters. The summed E-state index contributed by atoms with van der Waals surface area (Å²) in [5, 5.41) is 10.9. The fraction of sp³-hybridized carbons (Fsp3) is 0.214. The van der Waals surface area contributed by atoms with Crippen LogP contribution in [0.2, 0.25) is 0 Å². The minimum atomic E-state index is -0.393. The van der Waals surface area contributed by atoms with E-state index in [9.17, 15) is 14.0 Å². The lowest BCUT2D eigenvalue weighted by molar-refractivity contribution is -0.113. The number of rotatable bonds is 7. The highest BCUT2D eigenvalue weighted by Crippen LogP contribution is 2.24. The average Bonchev–Trinajstić information content (AvgIpc) is 3.42. The molecule has 10 heteroatoms. The highest BCUT2D eigenvalue weighted by Gasteiger charge is 2.22. The first kappa shape index (κ1) is 25.5. The van der Waals surface area contributed by atoms with E-state index in [0.717, 1.165) is 36.1 Å². The molecule has 1 fully saturated rings. The number of nitrogens with zero attached hydrogens (tertiary/aromatic N) is 4. The van der Waals surface area contributed by atoms with E-state index in [4.69, 9.17) is 4.42 Å². The van der Waals surface area contributed by atoms with E-state index in [2.05, 4.69) is 20.4 Å². The minimum Gasteiger partial charge on any atom is -0.411 e. The Hall–Kier alpha value is -4.18. The predicted molar refractivity (Wildman–Crippen MR) is 145 cm³/mol. The van der Waals surface area contributed by atoms with Crippen molar-refractivity contribution < 1.29 is 18.4 Å². The predicted octanol–water partition coefficient (Wildman–Crippen LogP) is 4.88. The van der Waals surface area contributed by atoms with E-state index in [1.807, 2.05) is 60.4 Å². The number of hydrogen-bond donors (Lipinski definition) is 1. The van der Waals surface area contributed by atoms with Crippen molar-refractivity contribution in [3.05, 3.63) is 89.7 Å². The summed E-state index contributed by atoms with van der Waals surface area (Å²) in [6.45, 7) is 4.78. The molecular weight excluding hydrogens is 505 g/mol. The number of hydrogen-bond acceptors (Lipinski definition) is 7. The van der Waals surface area contributed by atoms with Crippen LogP contribution in [-0.2, 0) is 4.79 Å². The zero-order chi connectivity index (χ0) is 26.5. The molecule has 2 heterocycles. The van der Waals surface area contributed by atoms with Gasteiger partial charge in [0.15, 0.2) is 0 Å². The summed E-state index contributed by atoms with van der Waals surface area (Å²) in [7, 11) is 0. The Morgan fingerprint density at radius 1 is 0.974 bits per heavy atom. The smallest absolute Gasteiger partial charge is 0.277 e.